The predicted molar refractivity (Wildman–Crippen MR) is 77.1 cm³/mol. The maximum Gasteiger partial charge on any atom is 0.230 e. The number of halogens is 1. The molecule has 0 fully saturated rings. The maximum absolute atomic E-state index is 11.7. The zero-order chi connectivity index (χ0) is 13.7. The highest BCUT2D eigenvalue weighted by molar-refractivity contribution is 8.00. The minimum Gasteiger partial charge on any atom is -0.467 e. The molecular weight excluding hydrogens is 284 g/mol. The number of hydrogen-bond donors (Lipinski definition) is 2. The Morgan fingerprint density at radius 2 is 2.26 bits per heavy atom. The standard InChI is InChI=1S/C13H13ClN2O2S/c14-11-4-3-9(15)6-12(11)19-8-13(17)16-7-10-2-1-5-18-10/h1-6H,7-8,15H2,(H,16,17). The Morgan fingerprint density at radius 1 is 1.42 bits per heavy atom. The van der Waals surface area contributed by atoms with Crippen molar-refractivity contribution in [2.45, 2.75) is 11.4 Å². The zero-order valence-corrected chi connectivity index (χ0v) is 11.6. The molecule has 6 heteroatoms. The molecule has 100 valence electrons. The first-order valence-corrected chi connectivity index (χ1v) is 6.98. The molecule has 1 heterocycles. The van der Waals surface area contributed by atoms with Crippen LogP contribution in [0.4, 0.5) is 5.69 Å². The number of furan rings is 1. The lowest BCUT2D eigenvalue weighted by Gasteiger charge is -2.06. The van der Waals surface area contributed by atoms with E-state index in [0.717, 1.165) is 10.7 Å². The van der Waals surface area contributed by atoms with E-state index >= 15 is 0 Å². The topological polar surface area (TPSA) is 68.3 Å². The minimum atomic E-state index is -0.0834. The summed E-state index contributed by atoms with van der Waals surface area (Å²) in [6.07, 6.45) is 1.57. The molecule has 4 nitrogen and oxygen atoms in total. The number of hydrogen-bond acceptors (Lipinski definition) is 4. The first-order valence-electron chi connectivity index (χ1n) is 5.62. The van der Waals surface area contributed by atoms with Crippen molar-refractivity contribution in [2.24, 2.45) is 0 Å². The summed E-state index contributed by atoms with van der Waals surface area (Å²) in [6.45, 7) is 0.386. The van der Waals surface area contributed by atoms with E-state index in [2.05, 4.69) is 5.32 Å². The van der Waals surface area contributed by atoms with Gasteiger partial charge in [0.2, 0.25) is 5.91 Å². The van der Waals surface area contributed by atoms with Crippen LogP contribution in [0.5, 0.6) is 0 Å². The van der Waals surface area contributed by atoms with Crippen molar-refractivity contribution in [3.8, 4) is 0 Å². The van der Waals surface area contributed by atoms with Gasteiger partial charge in [-0.15, -0.1) is 11.8 Å². The number of carbonyl (C=O) groups is 1. The van der Waals surface area contributed by atoms with Crippen LogP contribution in [0.2, 0.25) is 5.02 Å². The van der Waals surface area contributed by atoms with Crippen LogP contribution in [0, 0.1) is 0 Å². The summed E-state index contributed by atoms with van der Waals surface area (Å²) in [5, 5.41) is 3.36. The summed E-state index contributed by atoms with van der Waals surface area (Å²) in [6, 6.07) is 8.79. The number of amides is 1. The number of rotatable bonds is 5. The first-order chi connectivity index (χ1) is 9.15. The van der Waals surface area contributed by atoms with Gasteiger partial charge in [-0.2, -0.15) is 0 Å². The molecule has 3 N–H and O–H groups in total. The van der Waals surface area contributed by atoms with Crippen molar-refractivity contribution in [2.75, 3.05) is 11.5 Å². The number of benzene rings is 1. The molecular formula is C13H13ClN2O2S. The molecule has 1 aromatic heterocycles. The second-order valence-electron chi connectivity index (χ2n) is 3.83. The smallest absolute Gasteiger partial charge is 0.230 e. The van der Waals surface area contributed by atoms with E-state index in [0.29, 0.717) is 17.3 Å². The second kappa shape index (κ2) is 6.54. The maximum atomic E-state index is 11.7. The summed E-state index contributed by atoms with van der Waals surface area (Å²) >= 11 is 7.37. The molecule has 1 aromatic carbocycles. The third kappa shape index (κ3) is 4.22. The van der Waals surface area contributed by atoms with E-state index < -0.39 is 0 Å². The van der Waals surface area contributed by atoms with E-state index in [9.17, 15) is 4.79 Å². The number of anilines is 1. The van der Waals surface area contributed by atoms with Gasteiger partial charge in [-0.1, -0.05) is 11.6 Å². The average Bonchev–Trinajstić information content (AvgIpc) is 2.90. The van der Waals surface area contributed by atoms with Gasteiger partial charge in [-0.3, -0.25) is 4.79 Å². The molecule has 0 unspecified atom stereocenters. The Hall–Kier alpha value is -1.59. The number of nitrogen functional groups attached to an aromatic ring is 1. The van der Waals surface area contributed by atoms with Crippen molar-refractivity contribution >= 4 is 35.0 Å². The van der Waals surface area contributed by atoms with Gasteiger partial charge in [0.15, 0.2) is 0 Å². The highest BCUT2D eigenvalue weighted by atomic mass is 35.5. The quantitative estimate of drug-likeness (QED) is 0.657. The van der Waals surface area contributed by atoms with Gasteiger partial charge < -0.3 is 15.5 Å². The fraction of sp³-hybridized carbons (Fsp3) is 0.154. The molecule has 0 bridgehead atoms. The van der Waals surface area contributed by atoms with Crippen molar-refractivity contribution < 1.29 is 9.21 Å². The summed E-state index contributed by atoms with van der Waals surface area (Å²) in [4.78, 5) is 12.5. The normalized spacial score (nSPS) is 10.4. The number of carbonyl (C=O) groups excluding carboxylic acids is 1. The van der Waals surface area contributed by atoms with Gasteiger partial charge in [0, 0.05) is 10.6 Å². The predicted octanol–water partition coefficient (Wildman–Crippen LogP) is 2.92. The Bertz CT molecular complexity index is 558. The Labute approximate surface area is 120 Å². The van der Waals surface area contributed by atoms with E-state index in [4.69, 9.17) is 21.8 Å². The highest BCUT2D eigenvalue weighted by Gasteiger charge is 2.07. The van der Waals surface area contributed by atoms with Crippen LogP contribution in [-0.2, 0) is 11.3 Å². The zero-order valence-electron chi connectivity index (χ0n) is 10.1. The molecule has 1 amide bonds. The summed E-state index contributed by atoms with van der Waals surface area (Å²) in [5.41, 5.74) is 6.30. The molecule has 0 spiro atoms. The highest BCUT2D eigenvalue weighted by Crippen LogP contribution is 2.28. The molecule has 0 aliphatic heterocycles. The molecule has 19 heavy (non-hydrogen) atoms. The van der Waals surface area contributed by atoms with Crippen LogP contribution in [0.3, 0.4) is 0 Å². The molecule has 0 atom stereocenters. The van der Waals surface area contributed by atoms with E-state index in [1.54, 1.807) is 30.5 Å². The molecule has 0 aliphatic rings. The van der Waals surface area contributed by atoms with E-state index in [-0.39, 0.29) is 11.7 Å². The molecule has 0 aliphatic carbocycles. The number of thioether (sulfide) groups is 1. The van der Waals surface area contributed by atoms with Crippen molar-refractivity contribution in [3.05, 3.63) is 47.4 Å². The fourth-order valence-corrected chi connectivity index (χ4v) is 2.52. The van der Waals surface area contributed by atoms with Gasteiger partial charge in [0.25, 0.3) is 0 Å². The average molecular weight is 297 g/mol. The SMILES string of the molecule is Nc1ccc(Cl)c(SCC(=O)NCc2ccco2)c1. The van der Waals surface area contributed by atoms with Gasteiger partial charge in [0.1, 0.15) is 5.76 Å². The lowest BCUT2D eigenvalue weighted by Crippen LogP contribution is -2.24. The van der Waals surface area contributed by atoms with Crippen LogP contribution in [0.15, 0.2) is 45.9 Å². The van der Waals surface area contributed by atoms with Crippen LogP contribution in [0.25, 0.3) is 0 Å². The van der Waals surface area contributed by atoms with Crippen LogP contribution >= 0.6 is 23.4 Å². The molecule has 0 saturated heterocycles. The number of nitrogens with two attached hydrogens (primary N) is 1. The summed E-state index contributed by atoms with van der Waals surface area (Å²) in [7, 11) is 0. The van der Waals surface area contributed by atoms with Crippen LogP contribution in [0.1, 0.15) is 5.76 Å². The van der Waals surface area contributed by atoms with Crippen LogP contribution < -0.4 is 11.1 Å². The summed E-state index contributed by atoms with van der Waals surface area (Å²) in [5.74, 6) is 0.921. The van der Waals surface area contributed by atoms with Crippen molar-refractivity contribution in [1.29, 1.82) is 0 Å². The monoisotopic (exact) mass is 296 g/mol. The van der Waals surface area contributed by atoms with Gasteiger partial charge in [-0.25, -0.2) is 0 Å². The minimum absolute atomic E-state index is 0.0834. The van der Waals surface area contributed by atoms with Crippen molar-refractivity contribution in [3.63, 3.8) is 0 Å². The Kier molecular flexibility index (Phi) is 4.76. The van der Waals surface area contributed by atoms with Crippen molar-refractivity contribution in [1.82, 2.24) is 5.32 Å². The fourth-order valence-electron chi connectivity index (χ4n) is 1.42. The van der Waals surface area contributed by atoms with E-state index in [1.165, 1.54) is 11.8 Å². The Balaban J connectivity index is 1.81. The summed E-state index contributed by atoms with van der Waals surface area (Å²) < 4.78 is 5.12. The van der Waals surface area contributed by atoms with E-state index in [1.807, 2.05) is 6.07 Å². The first kappa shape index (κ1) is 13.8. The largest absolute Gasteiger partial charge is 0.467 e. The lowest BCUT2D eigenvalue weighted by atomic mass is 10.3. The second-order valence-corrected chi connectivity index (χ2v) is 5.26. The molecule has 2 aromatic rings. The van der Waals surface area contributed by atoms with Gasteiger partial charge >= 0.3 is 0 Å². The Morgan fingerprint density at radius 3 is 3.00 bits per heavy atom. The third-order valence-corrected chi connectivity index (χ3v) is 3.85. The van der Waals surface area contributed by atoms with Crippen LogP contribution in [-0.4, -0.2) is 11.7 Å². The third-order valence-electron chi connectivity index (χ3n) is 2.35. The molecule has 2 rings (SSSR count). The van der Waals surface area contributed by atoms with Gasteiger partial charge in [-0.05, 0) is 30.3 Å². The molecule has 0 radical (unpaired) electrons. The van der Waals surface area contributed by atoms with Gasteiger partial charge in [0.05, 0.1) is 23.6 Å². The molecule has 0 saturated carbocycles. The lowest BCUT2D eigenvalue weighted by molar-refractivity contribution is -0.118. The number of nitrogens with one attached hydrogen (secondary N) is 1.